The first-order valence-electron chi connectivity index (χ1n) is 16.6. The molecule has 0 aliphatic carbocycles. The maximum atomic E-state index is 13.2. The lowest BCUT2D eigenvalue weighted by molar-refractivity contribution is -0.140. The minimum atomic E-state index is -1.47. The fourth-order valence-electron chi connectivity index (χ4n) is 4.13. The zero-order chi connectivity index (χ0) is 38.5. The molecule has 0 atom stereocenters. The van der Waals surface area contributed by atoms with E-state index in [-0.39, 0.29) is 148 Å². The van der Waals surface area contributed by atoms with Crippen molar-refractivity contribution in [2.45, 2.75) is 76.3 Å². The van der Waals surface area contributed by atoms with Crippen LogP contribution in [0, 0.1) is 0 Å². The van der Waals surface area contributed by atoms with Gasteiger partial charge in [0.2, 0.25) is 11.8 Å². The molecule has 0 aliphatic rings. The highest BCUT2D eigenvalue weighted by atomic mass is 16.5. The van der Waals surface area contributed by atoms with Gasteiger partial charge in [-0.15, -0.1) is 0 Å². The first-order chi connectivity index (χ1) is 24.1. The van der Waals surface area contributed by atoms with Crippen molar-refractivity contribution in [2.24, 2.45) is 5.73 Å². The molecule has 0 aliphatic heterocycles. The van der Waals surface area contributed by atoms with Crippen molar-refractivity contribution >= 4 is 41.3 Å². The highest BCUT2D eigenvalue weighted by Crippen LogP contribution is 2.13. The van der Waals surface area contributed by atoms with Crippen LogP contribution in [0.25, 0.3) is 0 Å². The molecule has 0 aromatic carbocycles. The second kappa shape index (κ2) is 28.1. The van der Waals surface area contributed by atoms with Crippen LogP contribution in [-0.2, 0) is 62.0 Å². The van der Waals surface area contributed by atoms with Gasteiger partial charge >= 0.3 is 17.9 Å². The first kappa shape index (κ1) is 47.4. The number of nitrogens with one attached hydrogen (secondary N) is 2. The van der Waals surface area contributed by atoms with E-state index in [0.717, 1.165) is 0 Å². The number of carboxylic acid groups (broad SMARTS) is 3. The summed E-state index contributed by atoms with van der Waals surface area (Å²) in [6, 6.07) is 0. The van der Waals surface area contributed by atoms with E-state index in [2.05, 4.69) is 10.6 Å². The average molecular weight is 738 g/mol. The van der Waals surface area contributed by atoms with Crippen LogP contribution in [0.4, 0.5) is 0 Å². The molecule has 0 aromatic heterocycles. The van der Waals surface area contributed by atoms with Gasteiger partial charge in [0, 0.05) is 25.7 Å². The molecule has 51 heavy (non-hydrogen) atoms. The molecule has 2 amide bonds. The van der Waals surface area contributed by atoms with Gasteiger partial charge in [0.15, 0.2) is 0 Å². The predicted molar refractivity (Wildman–Crippen MR) is 177 cm³/mol. The molecule has 19 nitrogen and oxygen atoms in total. The second-order valence-corrected chi connectivity index (χ2v) is 12.0. The molecule has 0 rings (SSSR count). The molecule has 0 unspecified atom stereocenters. The second-order valence-electron chi connectivity index (χ2n) is 12.0. The van der Waals surface area contributed by atoms with E-state index in [1.165, 1.54) is 13.8 Å². The van der Waals surface area contributed by atoms with Crippen molar-refractivity contribution in [2.75, 3.05) is 85.8 Å². The number of rotatable bonds is 35. The van der Waals surface area contributed by atoms with E-state index in [4.69, 9.17) is 49.5 Å². The predicted octanol–water partition coefficient (Wildman–Crippen LogP) is -0.693. The third kappa shape index (κ3) is 26.8. The van der Waals surface area contributed by atoms with Crippen molar-refractivity contribution in [3.05, 3.63) is 0 Å². The van der Waals surface area contributed by atoms with E-state index in [1.54, 1.807) is 0 Å². The van der Waals surface area contributed by atoms with Gasteiger partial charge in [-0.2, -0.15) is 0 Å². The number of Topliss-reactive ketones (excluding diaryl/α,β-unsaturated/α-hetero) is 2. The summed E-state index contributed by atoms with van der Waals surface area (Å²) in [6.45, 7) is 0.911. The molecule has 294 valence electrons. The summed E-state index contributed by atoms with van der Waals surface area (Å²) < 4.78 is 33.7. The summed E-state index contributed by atoms with van der Waals surface area (Å²) in [6.07, 6.45) is -0.537. The molecular weight excluding hydrogens is 682 g/mol. The lowest BCUT2D eigenvalue weighted by Crippen LogP contribution is -2.59. The zero-order valence-electron chi connectivity index (χ0n) is 29.6. The van der Waals surface area contributed by atoms with Crippen LogP contribution < -0.4 is 16.4 Å². The van der Waals surface area contributed by atoms with Crippen LogP contribution in [0.5, 0.6) is 0 Å². The summed E-state index contributed by atoms with van der Waals surface area (Å²) in [5.74, 6) is -4.56. The number of carbonyl (C=O) groups is 7. The Balaban J connectivity index is 5.85. The summed E-state index contributed by atoms with van der Waals surface area (Å²) >= 11 is 0. The first-order valence-corrected chi connectivity index (χ1v) is 16.6. The van der Waals surface area contributed by atoms with Crippen LogP contribution >= 0.6 is 0 Å². The largest absolute Gasteiger partial charge is 0.481 e. The smallest absolute Gasteiger partial charge is 0.305 e. The highest BCUT2D eigenvalue weighted by Gasteiger charge is 2.36. The number of aliphatic carboxylic acids is 3. The van der Waals surface area contributed by atoms with E-state index in [0.29, 0.717) is 6.42 Å². The van der Waals surface area contributed by atoms with Gasteiger partial charge in [0.1, 0.15) is 22.6 Å². The van der Waals surface area contributed by atoms with Crippen molar-refractivity contribution < 1.29 is 77.3 Å². The van der Waals surface area contributed by atoms with Gasteiger partial charge in [-0.25, -0.2) is 0 Å². The van der Waals surface area contributed by atoms with Crippen molar-refractivity contribution in [3.63, 3.8) is 0 Å². The molecule has 0 bridgehead atoms. The van der Waals surface area contributed by atoms with Crippen LogP contribution in [0.15, 0.2) is 0 Å². The van der Waals surface area contributed by atoms with Gasteiger partial charge in [-0.05, 0) is 26.8 Å². The summed E-state index contributed by atoms with van der Waals surface area (Å²) in [5, 5.41) is 32.5. The Bertz CT molecular complexity index is 1010. The van der Waals surface area contributed by atoms with Crippen LogP contribution in [0.1, 0.15) is 65.2 Å². The van der Waals surface area contributed by atoms with Gasteiger partial charge in [0.05, 0.1) is 98.5 Å². The SMILES string of the molecule is CC(=O)CCOCC(COCCC(C)=O)(COCCC(=O)NC(COCCC(=O)O)(COCCC(=O)O)COCCC(=O)O)NC(=O)CCCN. The van der Waals surface area contributed by atoms with E-state index in [1.807, 2.05) is 0 Å². The normalized spacial score (nSPS) is 11.6. The number of hydrogen-bond acceptors (Lipinski definition) is 14. The molecule has 0 saturated carbocycles. The molecule has 0 saturated heterocycles. The Morgan fingerprint density at radius 2 is 0.745 bits per heavy atom. The molecule has 7 N–H and O–H groups in total. The van der Waals surface area contributed by atoms with Gasteiger partial charge < -0.3 is 60.1 Å². The maximum Gasteiger partial charge on any atom is 0.305 e. The fraction of sp³-hybridized carbons (Fsp3) is 0.781. The number of ether oxygens (including phenoxy) is 6. The number of carboxylic acids is 3. The monoisotopic (exact) mass is 737 g/mol. The third-order valence-corrected chi connectivity index (χ3v) is 6.74. The van der Waals surface area contributed by atoms with E-state index < -0.39 is 34.9 Å². The average Bonchev–Trinajstić information content (AvgIpc) is 3.04. The topological polar surface area (TPSA) is 286 Å². The molecule has 0 fully saturated rings. The summed E-state index contributed by atoms with van der Waals surface area (Å²) in [4.78, 5) is 81.8. The molecule has 0 radical (unpaired) electrons. The van der Waals surface area contributed by atoms with Crippen LogP contribution in [0.2, 0.25) is 0 Å². The Morgan fingerprint density at radius 1 is 0.471 bits per heavy atom. The zero-order valence-corrected chi connectivity index (χ0v) is 29.6. The number of amides is 2. The molecular formula is C32H55N3O16. The van der Waals surface area contributed by atoms with Crippen molar-refractivity contribution in [3.8, 4) is 0 Å². The van der Waals surface area contributed by atoms with E-state index >= 15 is 0 Å². The number of ketones is 2. The minimum Gasteiger partial charge on any atom is -0.481 e. The number of carbonyl (C=O) groups excluding carboxylic acids is 4. The molecule has 19 heteroatoms. The Kier molecular flexibility index (Phi) is 26.1. The van der Waals surface area contributed by atoms with Crippen molar-refractivity contribution in [1.29, 1.82) is 0 Å². The molecule has 0 heterocycles. The lowest BCUT2D eigenvalue weighted by atomic mass is 10.0. The number of hydrogen-bond donors (Lipinski definition) is 6. The standard InChI is InChI=1S/C32H55N3O16/c1-24(36)5-12-46-18-31(19-47-13-6-25(2)37,34-26(38)4-3-11-33)20-48-14-7-27(39)35-32(21-49-15-8-28(40)41,22-50-16-9-29(42)43)23-51-17-10-30(44)45/h3-23,33H2,1-2H3,(H,34,38)(H,35,39)(H,40,41)(H,42,43)(H,44,45). The Hall–Kier alpha value is -3.59. The summed E-state index contributed by atoms with van der Waals surface area (Å²) in [7, 11) is 0. The van der Waals surface area contributed by atoms with Crippen LogP contribution in [0.3, 0.4) is 0 Å². The van der Waals surface area contributed by atoms with E-state index in [9.17, 15) is 33.6 Å². The van der Waals surface area contributed by atoms with Gasteiger partial charge in [0.25, 0.3) is 0 Å². The highest BCUT2D eigenvalue weighted by molar-refractivity contribution is 5.78. The maximum absolute atomic E-state index is 13.2. The fourth-order valence-corrected chi connectivity index (χ4v) is 4.13. The van der Waals surface area contributed by atoms with Gasteiger partial charge in [-0.1, -0.05) is 0 Å². The summed E-state index contributed by atoms with van der Waals surface area (Å²) in [5.41, 5.74) is 2.81. The minimum absolute atomic E-state index is 0.0608. The Labute approximate surface area is 297 Å². The quantitative estimate of drug-likeness (QED) is 0.0439. The van der Waals surface area contributed by atoms with Gasteiger partial charge in [-0.3, -0.25) is 33.6 Å². The Morgan fingerprint density at radius 3 is 1.02 bits per heavy atom. The third-order valence-electron chi connectivity index (χ3n) is 6.74. The lowest BCUT2D eigenvalue weighted by Gasteiger charge is -2.35. The van der Waals surface area contributed by atoms with Crippen LogP contribution in [-0.4, -0.2) is 154 Å². The molecule has 0 spiro atoms. The molecule has 0 aromatic rings. The van der Waals surface area contributed by atoms with Crippen molar-refractivity contribution in [1.82, 2.24) is 10.6 Å². The number of nitrogens with two attached hydrogens (primary N) is 1.